The van der Waals surface area contributed by atoms with Gasteiger partial charge in [0, 0.05) is 13.6 Å². The number of likely N-dealkylation sites (N-methyl/N-ethyl adjacent to an activating group) is 1. The Morgan fingerprint density at radius 3 is 2.77 bits per heavy atom. The molecule has 0 fully saturated rings. The molecular weight excluding hydrogens is 164 g/mol. The average Bonchev–Trinajstić information content (AvgIpc) is 2.15. The summed E-state index contributed by atoms with van der Waals surface area (Å²) < 4.78 is 0. The molecule has 1 amide bonds. The van der Waals surface area contributed by atoms with E-state index in [0.29, 0.717) is 6.42 Å². The first-order valence-corrected chi connectivity index (χ1v) is 4.75. The van der Waals surface area contributed by atoms with Crippen molar-refractivity contribution >= 4 is 5.91 Å². The second kappa shape index (κ2) is 6.66. The number of nitrogens with two attached hydrogens (primary N) is 1. The number of unbranched alkanes of at least 4 members (excludes halogenated alkanes) is 1. The van der Waals surface area contributed by atoms with Crippen molar-refractivity contribution in [3.05, 3.63) is 12.7 Å². The molecule has 0 saturated heterocycles. The van der Waals surface area contributed by atoms with E-state index in [1.807, 2.05) is 13.0 Å². The minimum Gasteiger partial charge on any atom is -0.344 e. The number of carbonyl (C=O) groups is 1. The summed E-state index contributed by atoms with van der Waals surface area (Å²) in [5.74, 6) is 0.0339. The third-order valence-electron chi connectivity index (χ3n) is 2.04. The van der Waals surface area contributed by atoms with Gasteiger partial charge >= 0.3 is 0 Å². The van der Waals surface area contributed by atoms with Crippen LogP contribution in [0, 0.1) is 0 Å². The second-order valence-corrected chi connectivity index (χ2v) is 3.21. The lowest BCUT2D eigenvalue weighted by atomic mass is 10.2. The molecule has 76 valence electrons. The molecule has 0 aromatic rings. The monoisotopic (exact) mass is 184 g/mol. The highest BCUT2D eigenvalue weighted by atomic mass is 16.2. The van der Waals surface area contributed by atoms with E-state index in [0.717, 1.165) is 19.4 Å². The van der Waals surface area contributed by atoms with Crippen LogP contribution >= 0.6 is 0 Å². The standard InChI is InChI=1S/C10H20N2O/c1-4-6-7-8-12(3)10(13)9(11)5-2/h4,9H,1,5-8,11H2,2-3H3/t9-/m1/s1. The van der Waals surface area contributed by atoms with Gasteiger partial charge in [0.25, 0.3) is 0 Å². The van der Waals surface area contributed by atoms with Gasteiger partial charge in [-0.2, -0.15) is 0 Å². The van der Waals surface area contributed by atoms with Gasteiger partial charge < -0.3 is 10.6 Å². The van der Waals surface area contributed by atoms with E-state index >= 15 is 0 Å². The zero-order valence-electron chi connectivity index (χ0n) is 8.62. The lowest BCUT2D eigenvalue weighted by Crippen LogP contribution is -2.41. The molecule has 0 radical (unpaired) electrons. The minimum absolute atomic E-state index is 0.0339. The van der Waals surface area contributed by atoms with Crippen molar-refractivity contribution in [2.24, 2.45) is 5.73 Å². The summed E-state index contributed by atoms with van der Waals surface area (Å²) >= 11 is 0. The fourth-order valence-electron chi connectivity index (χ4n) is 1.04. The highest BCUT2D eigenvalue weighted by Gasteiger charge is 2.14. The Balaban J connectivity index is 3.75. The van der Waals surface area contributed by atoms with E-state index in [1.165, 1.54) is 0 Å². The lowest BCUT2D eigenvalue weighted by Gasteiger charge is -2.20. The van der Waals surface area contributed by atoms with Gasteiger partial charge in [-0.1, -0.05) is 13.0 Å². The molecule has 0 unspecified atom stereocenters. The summed E-state index contributed by atoms with van der Waals surface area (Å²) in [5, 5.41) is 0. The SMILES string of the molecule is C=CCCCN(C)C(=O)[C@H](N)CC. The molecule has 0 aliphatic rings. The average molecular weight is 184 g/mol. The van der Waals surface area contributed by atoms with Gasteiger partial charge in [0.1, 0.15) is 0 Å². The van der Waals surface area contributed by atoms with Gasteiger partial charge in [-0.25, -0.2) is 0 Å². The van der Waals surface area contributed by atoms with E-state index < -0.39 is 0 Å². The molecule has 1 atom stereocenters. The van der Waals surface area contributed by atoms with Gasteiger partial charge in [-0.15, -0.1) is 6.58 Å². The van der Waals surface area contributed by atoms with Crippen LogP contribution in [0.1, 0.15) is 26.2 Å². The topological polar surface area (TPSA) is 46.3 Å². The Hall–Kier alpha value is -0.830. The highest BCUT2D eigenvalue weighted by Crippen LogP contribution is 1.97. The Morgan fingerprint density at radius 1 is 1.69 bits per heavy atom. The largest absolute Gasteiger partial charge is 0.344 e. The number of nitrogens with zero attached hydrogens (tertiary/aromatic N) is 1. The van der Waals surface area contributed by atoms with Crippen molar-refractivity contribution in [3.8, 4) is 0 Å². The molecule has 3 heteroatoms. The minimum atomic E-state index is -0.339. The molecule has 0 aromatic heterocycles. The smallest absolute Gasteiger partial charge is 0.239 e. The molecule has 0 heterocycles. The third kappa shape index (κ3) is 4.68. The van der Waals surface area contributed by atoms with Crippen LogP contribution in [0.2, 0.25) is 0 Å². The molecule has 0 saturated carbocycles. The first-order chi connectivity index (χ1) is 6.13. The van der Waals surface area contributed by atoms with Gasteiger partial charge in [0.15, 0.2) is 0 Å². The van der Waals surface area contributed by atoms with Crippen LogP contribution in [0.5, 0.6) is 0 Å². The van der Waals surface area contributed by atoms with Crippen molar-refractivity contribution in [1.82, 2.24) is 4.90 Å². The van der Waals surface area contributed by atoms with Crippen LogP contribution in [-0.2, 0) is 4.79 Å². The number of allylic oxidation sites excluding steroid dienone is 1. The van der Waals surface area contributed by atoms with Crippen molar-refractivity contribution < 1.29 is 4.79 Å². The fraction of sp³-hybridized carbons (Fsp3) is 0.700. The highest BCUT2D eigenvalue weighted by molar-refractivity contribution is 5.81. The van der Waals surface area contributed by atoms with Gasteiger partial charge in [-0.05, 0) is 19.3 Å². The first kappa shape index (κ1) is 12.2. The van der Waals surface area contributed by atoms with E-state index in [1.54, 1.807) is 11.9 Å². The number of amides is 1. The maximum atomic E-state index is 11.4. The summed E-state index contributed by atoms with van der Waals surface area (Å²) in [7, 11) is 1.79. The van der Waals surface area contributed by atoms with E-state index in [4.69, 9.17) is 5.73 Å². The molecule has 2 N–H and O–H groups in total. The molecule has 0 aliphatic heterocycles. The molecule has 0 aliphatic carbocycles. The fourth-order valence-corrected chi connectivity index (χ4v) is 1.04. The third-order valence-corrected chi connectivity index (χ3v) is 2.04. The molecule has 0 spiro atoms. The Morgan fingerprint density at radius 2 is 2.31 bits per heavy atom. The van der Waals surface area contributed by atoms with Crippen LogP contribution in [0.15, 0.2) is 12.7 Å². The van der Waals surface area contributed by atoms with E-state index in [9.17, 15) is 4.79 Å². The molecule has 3 nitrogen and oxygen atoms in total. The lowest BCUT2D eigenvalue weighted by molar-refractivity contribution is -0.131. The van der Waals surface area contributed by atoms with Crippen molar-refractivity contribution in [3.63, 3.8) is 0 Å². The van der Waals surface area contributed by atoms with Crippen LogP contribution in [-0.4, -0.2) is 30.4 Å². The van der Waals surface area contributed by atoms with Crippen LogP contribution < -0.4 is 5.73 Å². The molecule has 0 rings (SSSR count). The summed E-state index contributed by atoms with van der Waals surface area (Å²) in [6.07, 6.45) is 4.46. The van der Waals surface area contributed by atoms with Crippen molar-refractivity contribution in [1.29, 1.82) is 0 Å². The van der Waals surface area contributed by atoms with E-state index in [2.05, 4.69) is 6.58 Å². The van der Waals surface area contributed by atoms with Crippen molar-refractivity contribution in [2.75, 3.05) is 13.6 Å². The normalized spacial score (nSPS) is 12.2. The molecular formula is C10H20N2O. The number of carbonyl (C=O) groups excluding carboxylic acids is 1. The molecule has 13 heavy (non-hydrogen) atoms. The van der Waals surface area contributed by atoms with Crippen LogP contribution in [0.25, 0.3) is 0 Å². The van der Waals surface area contributed by atoms with Gasteiger partial charge in [0.2, 0.25) is 5.91 Å². The summed E-state index contributed by atoms with van der Waals surface area (Å²) in [6.45, 7) is 6.30. The summed E-state index contributed by atoms with van der Waals surface area (Å²) in [5.41, 5.74) is 5.61. The molecule has 0 aromatic carbocycles. The van der Waals surface area contributed by atoms with Crippen LogP contribution in [0.3, 0.4) is 0 Å². The maximum Gasteiger partial charge on any atom is 0.239 e. The zero-order valence-corrected chi connectivity index (χ0v) is 8.62. The number of hydrogen-bond donors (Lipinski definition) is 1. The zero-order chi connectivity index (χ0) is 10.3. The molecule has 0 bridgehead atoms. The predicted molar refractivity (Wildman–Crippen MR) is 55.3 cm³/mol. The van der Waals surface area contributed by atoms with Crippen LogP contribution in [0.4, 0.5) is 0 Å². The Bertz CT molecular complexity index is 168. The Labute approximate surface area is 80.6 Å². The maximum absolute atomic E-state index is 11.4. The number of hydrogen-bond acceptors (Lipinski definition) is 2. The van der Waals surface area contributed by atoms with Crippen molar-refractivity contribution in [2.45, 2.75) is 32.2 Å². The predicted octanol–water partition coefficient (Wildman–Crippen LogP) is 1.15. The Kier molecular flexibility index (Phi) is 6.24. The van der Waals surface area contributed by atoms with E-state index in [-0.39, 0.29) is 11.9 Å². The quantitative estimate of drug-likeness (QED) is 0.497. The first-order valence-electron chi connectivity index (χ1n) is 4.75. The van der Waals surface area contributed by atoms with Gasteiger partial charge in [-0.3, -0.25) is 4.79 Å². The summed E-state index contributed by atoms with van der Waals surface area (Å²) in [6, 6.07) is -0.339. The number of rotatable bonds is 6. The second-order valence-electron chi connectivity index (χ2n) is 3.21. The summed E-state index contributed by atoms with van der Waals surface area (Å²) in [4.78, 5) is 13.1. The van der Waals surface area contributed by atoms with Gasteiger partial charge in [0.05, 0.1) is 6.04 Å².